The van der Waals surface area contributed by atoms with Crippen LogP contribution >= 0.6 is 0 Å². The van der Waals surface area contributed by atoms with Crippen molar-refractivity contribution in [2.75, 3.05) is 11.8 Å². The summed E-state index contributed by atoms with van der Waals surface area (Å²) in [6.45, 7) is 0. The SMILES string of the molecule is COc1ccc2cc(S(=O)(=O)Nc3ccc(-c4cccc(C(F)(F)F)c4)cc3)ccc2c1. The molecular formula is C24H18F3NO3S. The lowest BCUT2D eigenvalue weighted by atomic mass is 10.0. The van der Waals surface area contributed by atoms with Crippen molar-refractivity contribution >= 4 is 26.5 Å². The number of nitrogens with one attached hydrogen (secondary N) is 1. The van der Waals surface area contributed by atoms with E-state index < -0.39 is 21.8 Å². The van der Waals surface area contributed by atoms with Crippen LogP contribution in [0.1, 0.15) is 5.56 Å². The van der Waals surface area contributed by atoms with Gasteiger partial charge in [-0.05, 0) is 70.4 Å². The quantitative estimate of drug-likeness (QED) is 0.381. The number of alkyl halides is 3. The molecule has 1 N–H and O–H groups in total. The van der Waals surface area contributed by atoms with Gasteiger partial charge in [-0.15, -0.1) is 0 Å². The lowest BCUT2D eigenvalue weighted by Crippen LogP contribution is -2.12. The number of ether oxygens (including phenoxy) is 1. The number of methoxy groups -OCH3 is 1. The Kier molecular flexibility index (Phi) is 5.56. The van der Waals surface area contributed by atoms with E-state index in [1.165, 1.54) is 24.3 Å². The average Bonchev–Trinajstić information content (AvgIpc) is 2.78. The molecule has 0 atom stereocenters. The van der Waals surface area contributed by atoms with Gasteiger partial charge < -0.3 is 4.74 Å². The van der Waals surface area contributed by atoms with Crippen molar-refractivity contribution < 1.29 is 26.3 Å². The Hall–Kier alpha value is -3.52. The van der Waals surface area contributed by atoms with E-state index in [1.807, 2.05) is 6.07 Å². The summed E-state index contributed by atoms with van der Waals surface area (Å²) in [5.41, 5.74) is 0.488. The molecular weight excluding hydrogens is 439 g/mol. The van der Waals surface area contributed by atoms with Gasteiger partial charge in [-0.1, -0.05) is 36.4 Å². The Balaban J connectivity index is 1.57. The van der Waals surface area contributed by atoms with Gasteiger partial charge in [-0.2, -0.15) is 13.2 Å². The van der Waals surface area contributed by atoms with E-state index in [0.717, 1.165) is 22.9 Å². The topological polar surface area (TPSA) is 55.4 Å². The van der Waals surface area contributed by atoms with Gasteiger partial charge in [0.2, 0.25) is 0 Å². The van der Waals surface area contributed by atoms with Gasteiger partial charge in [0.1, 0.15) is 5.75 Å². The second kappa shape index (κ2) is 8.20. The van der Waals surface area contributed by atoms with E-state index in [0.29, 0.717) is 22.6 Å². The predicted molar refractivity (Wildman–Crippen MR) is 118 cm³/mol. The van der Waals surface area contributed by atoms with Gasteiger partial charge in [0.05, 0.1) is 17.6 Å². The minimum Gasteiger partial charge on any atom is -0.497 e. The molecule has 0 fully saturated rings. The van der Waals surface area contributed by atoms with Crippen LogP contribution in [0.3, 0.4) is 0 Å². The van der Waals surface area contributed by atoms with Gasteiger partial charge in [-0.25, -0.2) is 8.42 Å². The molecule has 0 aliphatic carbocycles. The molecule has 0 aliphatic rings. The Labute approximate surface area is 183 Å². The largest absolute Gasteiger partial charge is 0.497 e. The minimum absolute atomic E-state index is 0.0946. The minimum atomic E-state index is -4.43. The normalized spacial score (nSPS) is 12.0. The number of anilines is 1. The Morgan fingerprint density at radius 2 is 1.47 bits per heavy atom. The summed E-state index contributed by atoms with van der Waals surface area (Å²) in [5, 5.41) is 1.59. The van der Waals surface area contributed by atoms with Crippen molar-refractivity contribution in [3.63, 3.8) is 0 Å². The van der Waals surface area contributed by atoms with Crippen LogP contribution in [0.15, 0.2) is 89.8 Å². The predicted octanol–water partition coefficient (Wildman–Crippen LogP) is 6.34. The Morgan fingerprint density at radius 3 is 2.16 bits per heavy atom. The number of hydrogen-bond acceptors (Lipinski definition) is 3. The lowest BCUT2D eigenvalue weighted by Gasteiger charge is -2.11. The first-order valence-corrected chi connectivity index (χ1v) is 11.0. The second-order valence-electron chi connectivity index (χ2n) is 7.14. The summed E-state index contributed by atoms with van der Waals surface area (Å²) in [5.74, 6) is 0.673. The molecule has 4 aromatic carbocycles. The molecule has 0 heterocycles. The third-order valence-electron chi connectivity index (χ3n) is 4.99. The van der Waals surface area contributed by atoms with Gasteiger partial charge in [0, 0.05) is 5.69 Å². The zero-order valence-electron chi connectivity index (χ0n) is 16.8. The number of rotatable bonds is 5. The van der Waals surface area contributed by atoms with Crippen molar-refractivity contribution in [3.8, 4) is 16.9 Å². The summed E-state index contributed by atoms with van der Waals surface area (Å²) in [7, 11) is -2.30. The standard InChI is InChI=1S/C24H18F3NO3S/c1-31-22-11-7-19-15-23(12-8-18(19)14-22)32(29,30)28-21-9-5-16(6-10-21)17-3-2-4-20(13-17)24(25,26)27/h2-15,28H,1H3. The highest BCUT2D eigenvalue weighted by Crippen LogP contribution is 2.32. The van der Waals surface area contributed by atoms with Crippen molar-refractivity contribution in [1.82, 2.24) is 0 Å². The van der Waals surface area contributed by atoms with Crippen LogP contribution in [0.4, 0.5) is 18.9 Å². The molecule has 0 amide bonds. The van der Waals surface area contributed by atoms with E-state index in [4.69, 9.17) is 4.74 Å². The highest BCUT2D eigenvalue weighted by molar-refractivity contribution is 7.92. The number of sulfonamides is 1. The zero-order valence-corrected chi connectivity index (χ0v) is 17.7. The molecule has 0 bridgehead atoms. The number of fused-ring (bicyclic) bond motifs is 1. The molecule has 4 nitrogen and oxygen atoms in total. The molecule has 0 saturated carbocycles. The van der Waals surface area contributed by atoms with Gasteiger partial charge in [-0.3, -0.25) is 4.72 Å². The maximum Gasteiger partial charge on any atom is 0.416 e. The van der Waals surface area contributed by atoms with E-state index >= 15 is 0 Å². The lowest BCUT2D eigenvalue weighted by molar-refractivity contribution is -0.137. The molecule has 0 spiro atoms. The average molecular weight is 457 g/mol. The smallest absolute Gasteiger partial charge is 0.416 e. The third kappa shape index (κ3) is 4.55. The fourth-order valence-electron chi connectivity index (χ4n) is 3.32. The van der Waals surface area contributed by atoms with Crippen LogP contribution < -0.4 is 9.46 Å². The van der Waals surface area contributed by atoms with Crippen LogP contribution in [-0.2, 0) is 16.2 Å². The van der Waals surface area contributed by atoms with E-state index in [9.17, 15) is 21.6 Å². The van der Waals surface area contributed by atoms with Gasteiger partial charge in [0.15, 0.2) is 0 Å². The van der Waals surface area contributed by atoms with Crippen LogP contribution in [0.25, 0.3) is 21.9 Å². The summed E-state index contributed by atoms with van der Waals surface area (Å²) in [6, 6.07) is 21.2. The molecule has 0 aliphatic heterocycles. The molecule has 0 radical (unpaired) electrons. The van der Waals surface area contributed by atoms with Gasteiger partial charge >= 0.3 is 6.18 Å². The monoisotopic (exact) mass is 457 g/mol. The molecule has 164 valence electrons. The van der Waals surface area contributed by atoms with Crippen LogP contribution in [-0.4, -0.2) is 15.5 Å². The summed E-state index contributed by atoms with van der Waals surface area (Å²) in [6.07, 6.45) is -4.43. The van der Waals surface area contributed by atoms with E-state index in [1.54, 1.807) is 49.6 Å². The summed E-state index contributed by atoms with van der Waals surface area (Å²) in [4.78, 5) is 0.0946. The Bertz CT molecular complexity index is 1380. The number of benzene rings is 4. The molecule has 4 rings (SSSR count). The van der Waals surface area contributed by atoms with Crippen LogP contribution in [0.5, 0.6) is 5.75 Å². The summed E-state index contributed by atoms with van der Waals surface area (Å²) < 4.78 is 72.2. The Morgan fingerprint density at radius 1 is 0.781 bits per heavy atom. The molecule has 0 aromatic heterocycles. The van der Waals surface area contributed by atoms with Crippen molar-refractivity contribution in [3.05, 3.63) is 90.5 Å². The van der Waals surface area contributed by atoms with E-state index in [2.05, 4.69) is 4.72 Å². The number of hydrogen-bond donors (Lipinski definition) is 1. The molecule has 32 heavy (non-hydrogen) atoms. The van der Waals surface area contributed by atoms with Crippen molar-refractivity contribution in [2.24, 2.45) is 0 Å². The molecule has 8 heteroatoms. The highest BCUT2D eigenvalue weighted by Gasteiger charge is 2.30. The van der Waals surface area contributed by atoms with Crippen LogP contribution in [0, 0.1) is 0 Å². The van der Waals surface area contributed by atoms with Crippen molar-refractivity contribution in [2.45, 2.75) is 11.1 Å². The highest BCUT2D eigenvalue weighted by atomic mass is 32.2. The fraction of sp³-hybridized carbons (Fsp3) is 0.0833. The maximum absolute atomic E-state index is 12.9. The molecule has 0 unspecified atom stereocenters. The first-order chi connectivity index (χ1) is 15.2. The number of halogens is 3. The third-order valence-corrected chi connectivity index (χ3v) is 6.37. The zero-order chi connectivity index (χ0) is 22.9. The van der Waals surface area contributed by atoms with Crippen LogP contribution in [0.2, 0.25) is 0 Å². The maximum atomic E-state index is 12.9. The fourth-order valence-corrected chi connectivity index (χ4v) is 4.41. The molecule has 0 saturated heterocycles. The first kappa shape index (κ1) is 21.7. The van der Waals surface area contributed by atoms with Gasteiger partial charge in [0.25, 0.3) is 10.0 Å². The molecule has 4 aromatic rings. The summed E-state index contributed by atoms with van der Waals surface area (Å²) >= 11 is 0. The van der Waals surface area contributed by atoms with E-state index in [-0.39, 0.29) is 4.90 Å². The first-order valence-electron chi connectivity index (χ1n) is 9.54. The second-order valence-corrected chi connectivity index (χ2v) is 8.82. The van der Waals surface area contributed by atoms with Crippen molar-refractivity contribution in [1.29, 1.82) is 0 Å².